The molecule has 0 aliphatic heterocycles. The second kappa shape index (κ2) is 7.36. The second-order valence-electron chi connectivity index (χ2n) is 8.38. The summed E-state index contributed by atoms with van der Waals surface area (Å²) in [6.07, 6.45) is 0. The van der Waals surface area contributed by atoms with E-state index in [1.807, 2.05) is 24.3 Å². The standard InChI is InChI=1S/C29H17Cl2N3/c30-18-12-14-26-22(16-18)20-6-1-3-8-24(20)33(26)28-10-5-11-29(32-28)34-25-9-4-2-7-21(25)23-17-19(31)13-15-27(23)34/h1-17H. The molecule has 3 aromatic heterocycles. The molecule has 0 N–H and O–H groups in total. The summed E-state index contributed by atoms with van der Waals surface area (Å²) in [7, 11) is 0. The van der Waals surface area contributed by atoms with E-state index in [9.17, 15) is 0 Å². The monoisotopic (exact) mass is 477 g/mol. The lowest BCUT2D eigenvalue weighted by Crippen LogP contribution is -2.03. The van der Waals surface area contributed by atoms with Crippen LogP contribution in [0.2, 0.25) is 10.0 Å². The van der Waals surface area contributed by atoms with Gasteiger partial charge in [-0.05, 0) is 60.7 Å². The summed E-state index contributed by atoms with van der Waals surface area (Å²) < 4.78 is 4.41. The Balaban J connectivity index is 1.54. The molecule has 7 aromatic rings. The summed E-state index contributed by atoms with van der Waals surface area (Å²) in [4.78, 5) is 5.16. The highest BCUT2D eigenvalue weighted by Gasteiger charge is 2.16. The van der Waals surface area contributed by atoms with Crippen molar-refractivity contribution in [3.05, 3.63) is 113 Å². The van der Waals surface area contributed by atoms with E-state index in [1.165, 1.54) is 0 Å². The molecule has 0 saturated carbocycles. The molecule has 34 heavy (non-hydrogen) atoms. The fraction of sp³-hybridized carbons (Fsp3) is 0. The van der Waals surface area contributed by atoms with E-state index >= 15 is 0 Å². The van der Waals surface area contributed by atoms with Crippen LogP contribution in [0.15, 0.2) is 103 Å². The van der Waals surface area contributed by atoms with Crippen molar-refractivity contribution >= 4 is 66.8 Å². The SMILES string of the molecule is Clc1ccc2c(c1)c1ccccc1n2-c1cccc(-n2c3ccccc3c3cc(Cl)ccc32)n1. The van der Waals surface area contributed by atoms with Gasteiger partial charge in [-0.15, -0.1) is 0 Å². The summed E-state index contributed by atoms with van der Waals surface area (Å²) in [5.74, 6) is 1.71. The maximum Gasteiger partial charge on any atom is 0.140 e. The van der Waals surface area contributed by atoms with Gasteiger partial charge in [0.2, 0.25) is 0 Å². The molecular formula is C29H17Cl2N3. The lowest BCUT2D eigenvalue weighted by molar-refractivity contribution is 1.01. The summed E-state index contributed by atoms with van der Waals surface area (Å²) in [5, 5.41) is 5.98. The summed E-state index contributed by atoms with van der Waals surface area (Å²) in [5.41, 5.74) is 4.34. The van der Waals surface area contributed by atoms with Crippen LogP contribution >= 0.6 is 23.2 Å². The van der Waals surface area contributed by atoms with Gasteiger partial charge >= 0.3 is 0 Å². The predicted molar refractivity (Wildman–Crippen MR) is 143 cm³/mol. The fourth-order valence-corrected chi connectivity index (χ4v) is 5.39. The van der Waals surface area contributed by atoms with Crippen LogP contribution in [-0.2, 0) is 0 Å². The Hall–Kier alpha value is -3.79. The number of hydrogen-bond donors (Lipinski definition) is 0. The minimum atomic E-state index is 0.723. The molecule has 0 saturated heterocycles. The summed E-state index contributed by atoms with van der Waals surface area (Å²) >= 11 is 12.7. The van der Waals surface area contributed by atoms with Crippen LogP contribution in [0.25, 0.3) is 55.2 Å². The van der Waals surface area contributed by atoms with Gasteiger partial charge in [0.15, 0.2) is 0 Å². The van der Waals surface area contributed by atoms with Gasteiger partial charge in [0.25, 0.3) is 0 Å². The Morgan fingerprint density at radius 1 is 0.441 bits per heavy atom. The zero-order valence-electron chi connectivity index (χ0n) is 17.9. The molecule has 0 bridgehead atoms. The molecule has 162 valence electrons. The van der Waals surface area contributed by atoms with Gasteiger partial charge in [0.1, 0.15) is 11.6 Å². The van der Waals surface area contributed by atoms with Crippen molar-refractivity contribution in [1.82, 2.24) is 14.1 Å². The van der Waals surface area contributed by atoms with E-state index in [0.717, 1.165) is 65.3 Å². The third-order valence-corrected chi connectivity index (χ3v) is 6.92. The maximum atomic E-state index is 6.35. The van der Waals surface area contributed by atoms with Gasteiger partial charge in [0.05, 0.1) is 22.1 Å². The molecule has 0 unspecified atom stereocenters. The molecule has 3 nitrogen and oxygen atoms in total. The molecule has 0 fully saturated rings. The van der Waals surface area contributed by atoms with E-state index in [2.05, 4.69) is 88.0 Å². The maximum absolute atomic E-state index is 6.35. The molecular weight excluding hydrogens is 461 g/mol. The van der Waals surface area contributed by atoms with Crippen LogP contribution in [0.4, 0.5) is 0 Å². The topological polar surface area (TPSA) is 22.8 Å². The highest BCUT2D eigenvalue weighted by Crippen LogP contribution is 2.35. The van der Waals surface area contributed by atoms with Crippen LogP contribution in [0.3, 0.4) is 0 Å². The van der Waals surface area contributed by atoms with Crippen LogP contribution < -0.4 is 0 Å². The third-order valence-electron chi connectivity index (χ3n) is 6.45. The van der Waals surface area contributed by atoms with Crippen molar-refractivity contribution in [2.75, 3.05) is 0 Å². The lowest BCUT2D eigenvalue weighted by Gasteiger charge is -2.11. The first-order chi connectivity index (χ1) is 16.7. The second-order valence-corrected chi connectivity index (χ2v) is 9.25. The molecule has 0 aliphatic rings. The molecule has 0 amide bonds. The minimum absolute atomic E-state index is 0.723. The Kier molecular flexibility index (Phi) is 4.25. The van der Waals surface area contributed by atoms with Crippen LogP contribution in [0.5, 0.6) is 0 Å². The average Bonchev–Trinajstić information content (AvgIpc) is 3.36. The molecule has 4 aromatic carbocycles. The highest BCUT2D eigenvalue weighted by atomic mass is 35.5. The zero-order valence-corrected chi connectivity index (χ0v) is 19.4. The number of pyridine rings is 1. The van der Waals surface area contributed by atoms with Gasteiger partial charge in [-0.3, -0.25) is 9.13 Å². The molecule has 5 heteroatoms. The number of para-hydroxylation sites is 2. The van der Waals surface area contributed by atoms with Crippen molar-refractivity contribution in [3.8, 4) is 11.6 Å². The molecule has 0 radical (unpaired) electrons. The minimum Gasteiger partial charge on any atom is -0.294 e. The van der Waals surface area contributed by atoms with Crippen molar-refractivity contribution in [1.29, 1.82) is 0 Å². The van der Waals surface area contributed by atoms with Gasteiger partial charge < -0.3 is 0 Å². The number of nitrogens with zero attached hydrogens (tertiary/aromatic N) is 3. The van der Waals surface area contributed by atoms with Crippen LogP contribution in [-0.4, -0.2) is 14.1 Å². The quantitative estimate of drug-likeness (QED) is 0.244. The van der Waals surface area contributed by atoms with E-state index in [1.54, 1.807) is 0 Å². The smallest absolute Gasteiger partial charge is 0.140 e. The van der Waals surface area contributed by atoms with E-state index in [-0.39, 0.29) is 0 Å². The number of rotatable bonds is 2. The van der Waals surface area contributed by atoms with Gasteiger partial charge in [-0.1, -0.05) is 65.7 Å². The van der Waals surface area contributed by atoms with Gasteiger partial charge in [-0.2, -0.15) is 0 Å². The van der Waals surface area contributed by atoms with Crippen LogP contribution in [0, 0.1) is 0 Å². The Morgan fingerprint density at radius 3 is 1.38 bits per heavy atom. The van der Waals surface area contributed by atoms with Crippen LogP contribution in [0.1, 0.15) is 0 Å². The predicted octanol–water partition coefficient (Wildman–Crippen LogP) is 8.58. The molecule has 0 atom stereocenters. The first-order valence-electron chi connectivity index (χ1n) is 11.0. The first kappa shape index (κ1) is 19.7. The number of aromatic nitrogens is 3. The van der Waals surface area contributed by atoms with Crippen molar-refractivity contribution < 1.29 is 0 Å². The molecule has 3 heterocycles. The van der Waals surface area contributed by atoms with Crippen molar-refractivity contribution in [2.45, 2.75) is 0 Å². The number of hydrogen-bond acceptors (Lipinski definition) is 1. The molecule has 7 rings (SSSR count). The Bertz CT molecular complexity index is 1760. The fourth-order valence-electron chi connectivity index (χ4n) is 5.05. The van der Waals surface area contributed by atoms with Crippen molar-refractivity contribution in [2.24, 2.45) is 0 Å². The average molecular weight is 478 g/mol. The lowest BCUT2D eigenvalue weighted by atomic mass is 10.2. The highest BCUT2D eigenvalue weighted by molar-refractivity contribution is 6.32. The summed E-state index contributed by atoms with van der Waals surface area (Å²) in [6, 6.07) is 34.9. The van der Waals surface area contributed by atoms with Gasteiger partial charge in [-0.25, -0.2) is 4.98 Å². The third kappa shape index (κ3) is 2.81. The van der Waals surface area contributed by atoms with E-state index in [0.29, 0.717) is 0 Å². The molecule has 0 spiro atoms. The number of benzene rings is 4. The van der Waals surface area contributed by atoms with Crippen molar-refractivity contribution in [3.63, 3.8) is 0 Å². The Morgan fingerprint density at radius 2 is 0.882 bits per heavy atom. The number of halogens is 2. The van der Waals surface area contributed by atoms with E-state index in [4.69, 9.17) is 28.2 Å². The molecule has 0 aliphatic carbocycles. The van der Waals surface area contributed by atoms with Gasteiger partial charge in [0, 0.05) is 31.6 Å². The first-order valence-corrected chi connectivity index (χ1v) is 11.8. The number of fused-ring (bicyclic) bond motifs is 6. The largest absolute Gasteiger partial charge is 0.294 e. The summed E-state index contributed by atoms with van der Waals surface area (Å²) in [6.45, 7) is 0. The normalized spacial score (nSPS) is 11.8. The zero-order chi connectivity index (χ0) is 22.8. The Labute approximate surface area is 205 Å². The van der Waals surface area contributed by atoms with E-state index < -0.39 is 0 Å².